The van der Waals surface area contributed by atoms with Crippen molar-refractivity contribution in [3.05, 3.63) is 29.8 Å². The number of methoxy groups -OCH3 is 1. The van der Waals surface area contributed by atoms with Crippen LogP contribution in [0.2, 0.25) is 0 Å². The lowest BCUT2D eigenvalue weighted by atomic mass is 10.2. The molecule has 1 atom stereocenters. The number of rotatable bonds is 7. The molecular weight excluding hydrogens is 287 g/mol. The molecule has 22 heavy (non-hydrogen) atoms. The predicted octanol–water partition coefficient (Wildman–Crippen LogP) is 0.735. The van der Waals surface area contributed by atoms with Crippen LogP contribution in [0.5, 0.6) is 0 Å². The van der Waals surface area contributed by atoms with E-state index < -0.39 is 0 Å². The number of nitrogens with zero attached hydrogens (tertiary/aromatic N) is 2. The van der Waals surface area contributed by atoms with Crippen molar-refractivity contribution in [3.8, 4) is 0 Å². The molecule has 0 aliphatic heterocycles. The fourth-order valence-corrected chi connectivity index (χ4v) is 2.30. The first-order valence-corrected chi connectivity index (χ1v) is 7.15. The van der Waals surface area contributed by atoms with E-state index in [1.807, 2.05) is 11.6 Å². The largest absolute Gasteiger partial charge is 0.380 e. The number of imidazole rings is 1. The summed E-state index contributed by atoms with van der Waals surface area (Å²) in [6.07, 6.45) is 0.540. The topological polar surface area (TPSA) is 82.2 Å². The summed E-state index contributed by atoms with van der Waals surface area (Å²) in [4.78, 5) is 16.1. The average Bonchev–Trinajstić information content (AvgIpc) is 2.80. The van der Waals surface area contributed by atoms with Gasteiger partial charge in [0.05, 0.1) is 23.6 Å². The molecule has 1 heterocycles. The molecule has 2 aromatic rings. The highest BCUT2D eigenvalue weighted by atomic mass is 19.1. The van der Waals surface area contributed by atoms with E-state index in [4.69, 9.17) is 10.5 Å². The number of ether oxygens (including phenoxy) is 1. The van der Waals surface area contributed by atoms with Crippen LogP contribution in [0.25, 0.3) is 11.0 Å². The van der Waals surface area contributed by atoms with Gasteiger partial charge in [0.2, 0.25) is 5.91 Å². The molecule has 0 aliphatic carbocycles. The van der Waals surface area contributed by atoms with Gasteiger partial charge in [0.15, 0.2) is 0 Å². The van der Waals surface area contributed by atoms with Gasteiger partial charge >= 0.3 is 0 Å². The number of nitrogens with one attached hydrogen (secondary N) is 1. The third kappa shape index (κ3) is 3.80. The molecule has 0 fully saturated rings. The fourth-order valence-electron chi connectivity index (χ4n) is 2.30. The summed E-state index contributed by atoms with van der Waals surface area (Å²) in [6, 6.07) is 4.51. The number of nitrogens with two attached hydrogens (primary N) is 1. The lowest BCUT2D eigenvalue weighted by molar-refractivity contribution is -0.123. The number of hydrogen-bond acceptors (Lipinski definition) is 4. The van der Waals surface area contributed by atoms with Crippen molar-refractivity contribution in [2.45, 2.75) is 18.9 Å². The fraction of sp³-hybridized carbons (Fsp3) is 0.467. The van der Waals surface area contributed by atoms with Crippen LogP contribution in [0.3, 0.4) is 0 Å². The Morgan fingerprint density at radius 2 is 2.32 bits per heavy atom. The van der Waals surface area contributed by atoms with Crippen molar-refractivity contribution in [2.24, 2.45) is 12.8 Å². The smallest absolute Gasteiger partial charge is 0.222 e. The third-order valence-corrected chi connectivity index (χ3v) is 3.62. The van der Waals surface area contributed by atoms with Crippen molar-refractivity contribution >= 4 is 16.9 Å². The number of benzene rings is 1. The number of carbonyl (C=O) groups is 1. The first kappa shape index (κ1) is 16.4. The highest BCUT2D eigenvalue weighted by molar-refractivity contribution is 5.77. The van der Waals surface area contributed by atoms with Crippen molar-refractivity contribution in [3.63, 3.8) is 0 Å². The Hall–Kier alpha value is -1.99. The summed E-state index contributed by atoms with van der Waals surface area (Å²) in [5, 5.41) is 2.81. The van der Waals surface area contributed by atoms with Gasteiger partial charge in [0.25, 0.3) is 0 Å². The molecule has 1 amide bonds. The maximum atomic E-state index is 13.2. The number of fused-ring (bicyclic) bond motifs is 1. The second kappa shape index (κ2) is 7.33. The van der Waals surface area contributed by atoms with Crippen LogP contribution in [-0.2, 0) is 23.0 Å². The Labute approximate surface area is 128 Å². The average molecular weight is 308 g/mol. The summed E-state index contributed by atoms with van der Waals surface area (Å²) in [7, 11) is 3.41. The van der Waals surface area contributed by atoms with E-state index in [2.05, 4.69) is 10.3 Å². The predicted molar refractivity (Wildman–Crippen MR) is 81.9 cm³/mol. The van der Waals surface area contributed by atoms with Crippen molar-refractivity contribution < 1.29 is 13.9 Å². The van der Waals surface area contributed by atoms with Gasteiger partial charge < -0.3 is 20.4 Å². The standard InChI is InChI=1S/C15H21FN4O2/c1-20-13-4-3-10(16)7-12(13)19-14(20)5-6-18-15(21)8-11(9-17)22-2/h3-4,7,11H,5-6,8-9,17H2,1-2H3,(H,18,21). The van der Waals surface area contributed by atoms with E-state index >= 15 is 0 Å². The number of amides is 1. The number of aromatic nitrogens is 2. The minimum atomic E-state index is -0.308. The number of carbonyl (C=O) groups excluding carboxylic acids is 1. The molecule has 0 radical (unpaired) electrons. The second-order valence-corrected chi connectivity index (χ2v) is 5.12. The first-order chi connectivity index (χ1) is 10.5. The van der Waals surface area contributed by atoms with Gasteiger partial charge in [-0.05, 0) is 12.1 Å². The Bertz CT molecular complexity index is 652. The Kier molecular flexibility index (Phi) is 5.46. The lowest BCUT2D eigenvalue weighted by Crippen LogP contribution is -2.33. The molecular formula is C15H21FN4O2. The molecule has 7 heteroatoms. The molecule has 0 bridgehead atoms. The molecule has 2 rings (SSSR count). The lowest BCUT2D eigenvalue weighted by Gasteiger charge is -2.12. The van der Waals surface area contributed by atoms with Crippen LogP contribution < -0.4 is 11.1 Å². The molecule has 0 saturated heterocycles. The zero-order valence-electron chi connectivity index (χ0n) is 12.8. The summed E-state index contributed by atoms with van der Waals surface area (Å²) in [6.45, 7) is 0.764. The molecule has 3 N–H and O–H groups in total. The summed E-state index contributed by atoms with van der Waals surface area (Å²) in [5.74, 6) is 0.378. The zero-order chi connectivity index (χ0) is 16.1. The Morgan fingerprint density at radius 1 is 1.55 bits per heavy atom. The van der Waals surface area contributed by atoms with Crippen LogP contribution >= 0.6 is 0 Å². The normalized spacial score (nSPS) is 12.5. The third-order valence-electron chi connectivity index (χ3n) is 3.62. The van der Waals surface area contributed by atoms with Crippen molar-refractivity contribution in [1.82, 2.24) is 14.9 Å². The second-order valence-electron chi connectivity index (χ2n) is 5.12. The molecule has 1 aromatic carbocycles. The molecule has 6 nitrogen and oxygen atoms in total. The first-order valence-electron chi connectivity index (χ1n) is 7.15. The van der Waals surface area contributed by atoms with Gasteiger partial charge in [-0.1, -0.05) is 0 Å². The number of hydrogen-bond donors (Lipinski definition) is 2. The SMILES string of the molecule is COC(CN)CC(=O)NCCc1nc2cc(F)ccc2n1C. The maximum absolute atomic E-state index is 13.2. The maximum Gasteiger partial charge on any atom is 0.222 e. The molecule has 120 valence electrons. The van der Waals surface area contributed by atoms with Gasteiger partial charge in [-0.25, -0.2) is 9.37 Å². The van der Waals surface area contributed by atoms with Gasteiger partial charge in [0, 0.05) is 39.7 Å². The molecule has 0 aliphatic rings. The molecule has 1 unspecified atom stereocenters. The van der Waals surface area contributed by atoms with Crippen LogP contribution in [0, 0.1) is 5.82 Å². The quantitative estimate of drug-likeness (QED) is 0.790. The highest BCUT2D eigenvalue weighted by Crippen LogP contribution is 2.16. The van der Waals surface area contributed by atoms with Crippen LogP contribution in [0.4, 0.5) is 4.39 Å². The van der Waals surface area contributed by atoms with E-state index in [0.717, 1.165) is 11.3 Å². The van der Waals surface area contributed by atoms with Crippen LogP contribution in [-0.4, -0.2) is 41.8 Å². The summed E-state index contributed by atoms with van der Waals surface area (Å²) < 4.78 is 20.2. The van der Waals surface area contributed by atoms with E-state index in [-0.39, 0.29) is 24.2 Å². The van der Waals surface area contributed by atoms with E-state index in [9.17, 15) is 9.18 Å². The number of aryl methyl sites for hydroxylation is 1. The van der Waals surface area contributed by atoms with E-state index in [1.54, 1.807) is 6.07 Å². The minimum Gasteiger partial charge on any atom is -0.380 e. The van der Waals surface area contributed by atoms with Crippen LogP contribution in [0.15, 0.2) is 18.2 Å². The van der Waals surface area contributed by atoms with Crippen molar-refractivity contribution in [2.75, 3.05) is 20.2 Å². The van der Waals surface area contributed by atoms with Gasteiger partial charge in [-0.2, -0.15) is 0 Å². The Balaban J connectivity index is 1.92. The summed E-state index contributed by atoms with van der Waals surface area (Å²) >= 11 is 0. The van der Waals surface area contributed by atoms with Gasteiger partial charge in [0.1, 0.15) is 11.6 Å². The molecule has 0 saturated carbocycles. The van der Waals surface area contributed by atoms with Crippen LogP contribution in [0.1, 0.15) is 12.2 Å². The van der Waals surface area contributed by atoms with Crippen molar-refractivity contribution in [1.29, 1.82) is 0 Å². The number of halogens is 1. The minimum absolute atomic E-state index is 0.109. The van der Waals surface area contributed by atoms with E-state index in [0.29, 0.717) is 25.0 Å². The van der Waals surface area contributed by atoms with Gasteiger partial charge in [-0.15, -0.1) is 0 Å². The highest BCUT2D eigenvalue weighted by Gasteiger charge is 2.12. The van der Waals surface area contributed by atoms with E-state index in [1.165, 1.54) is 19.2 Å². The Morgan fingerprint density at radius 3 is 3.00 bits per heavy atom. The summed E-state index contributed by atoms with van der Waals surface area (Å²) in [5.41, 5.74) is 6.96. The molecule has 0 spiro atoms. The monoisotopic (exact) mass is 308 g/mol. The molecule has 1 aromatic heterocycles. The zero-order valence-corrected chi connectivity index (χ0v) is 12.8. The van der Waals surface area contributed by atoms with Gasteiger partial charge in [-0.3, -0.25) is 4.79 Å².